The summed E-state index contributed by atoms with van der Waals surface area (Å²) in [7, 11) is 0. The van der Waals surface area contributed by atoms with E-state index in [0.29, 0.717) is 6.04 Å². The molecular weight excluding hydrogens is 194 g/mol. The van der Waals surface area contributed by atoms with Gasteiger partial charge >= 0.3 is 0 Å². The molecule has 1 rings (SSSR count). The van der Waals surface area contributed by atoms with Crippen molar-refractivity contribution < 1.29 is 0 Å². The molecule has 1 nitrogen and oxygen atoms in total. The second kappa shape index (κ2) is 6.05. The molecule has 0 aliphatic carbocycles. The van der Waals surface area contributed by atoms with Crippen molar-refractivity contribution in [3.8, 4) is 0 Å². The Labute approximate surface area is 100 Å². The fourth-order valence-electron chi connectivity index (χ4n) is 2.31. The molecule has 1 N–H and O–H groups in total. The Morgan fingerprint density at radius 3 is 1.94 bits per heavy atom. The Morgan fingerprint density at radius 2 is 1.50 bits per heavy atom. The molecule has 0 radical (unpaired) electrons. The summed E-state index contributed by atoms with van der Waals surface area (Å²) in [4.78, 5) is 0. The number of rotatable bonds is 5. The smallest absolute Gasteiger partial charge is 0.0213 e. The number of benzene rings is 1. The average Bonchev–Trinajstić information content (AvgIpc) is 2.22. The van der Waals surface area contributed by atoms with Crippen LogP contribution in [-0.4, -0.2) is 6.04 Å². The molecule has 0 amide bonds. The van der Waals surface area contributed by atoms with E-state index in [4.69, 9.17) is 0 Å². The third-order valence-electron chi connectivity index (χ3n) is 3.39. The van der Waals surface area contributed by atoms with Crippen LogP contribution in [0.15, 0.2) is 12.1 Å². The monoisotopic (exact) mass is 219 g/mol. The van der Waals surface area contributed by atoms with Crippen LogP contribution in [0.2, 0.25) is 0 Å². The van der Waals surface area contributed by atoms with E-state index in [9.17, 15) is 0 Å². The summed E-state index contributed by atoms with van der Waals surface area (Å²) >= 11 is 0. The number of nitrogens with one attached hydrogen (secondary N) is 1. The lowest BCUT2D eigenvalue weighted by molar-refractivity contribution is 0.483. The van der Waals surface area contributed by atoms with Crippen LogP contribution in [0.4, 0.5) is 0 Å². The Kier molecular flexibility index (Phi) is 5.01. The summed E-state index contributed by atoms with van der Waals surface area (Å²) in [6, 6.07) is 5.20. The maximum atomic E-state index is 3.64. The molecule has 0 aliphatic heterocycles. The lowest BCUT2D eigenvalue weighted by Crippen LogP contribution is -2.27. The standard InChI is InChI=1S/C15H25N/c1-6-14(7-2)16-10-15-12(4)8-11(3)9-13(15)5/h8-9,14,16H,6-7,10H2,1-5H3. The topological polar surface area (TPSA) is 12.0 Å². The molecule has 0 bridgehead atoms. The largest absolute Gasteiger partial charge is 0.310 e. The van der Waals surface area contributed by atoms with Gasteiger partial charge in [-0.05, 0) is 50.3 Å². The van der Waals surface area contributed by atoms with Gasteiger partial charge in [0, 0.05) is 12.6 Å². The first-order chi connectivity index (χ1) is 7.58. The third-order valence-corrected chi connectivity index (χ3v) is 3.39. The van der Waals surface area contributed by atoms with Gasteiger partial charge in [-0.2, -0.15) is 0 Å². The van der Waals surface area contributed by atoms with Crippen molar-refractivity contribution in [2.45, 2.75) is 60.0 Å². The maximum Gasteiger partial charge on any atom is 0.0213 e. The van der Waals surface area contributed by atoms with Crippen LogP contribution in [0.5, 0.6) is 0 Å². The minimum absolute atomic E-state index is 0.653. The molecule has 0 atom stereocenters. The predicted molar refractivity (Wildman–Crippen MR) is 71.9 cm³/mol. The maximum absolute atomic E-state index is 3.64. The molecule has 0 spiro atoms. The van der Waals surface area contributed by atoms with Gasteiger partial charge in [0.15, 0.2) is 0 Å². The van der Waals surface area contributed by atoms with Crippen molar-refractivity contribution in [2.24, 2.45) is 0 Å². The lowest BCUT2D eigenvalue weighted by Gasteiger charge is -2.17. The fraction of sp³-hybridized carbons (Fsp3) is 0.600. The van der Waals surface area contributed by atoms with E-state index in [0.717, 1.165) is 6.54 Å². The van der Waals surface area contributed by atoms with Gasteiger partial charge in [-0.1, -0.05) is 31.5 Å². The van der Waals surface area contributed by atoms with Crippen LogP contribution in [-0.2, 0) is 6.54 Å². The number of hydrogen-bond donors (Lipinski definition) is 1. The highest BCUT2D eigenvalue weighted by atomic mass is 14.9. The summed E-state index contributed by atoms with van der Waals surface area (Å²) < 4.78 is 0. The zero-order chi connectivity index (χ0) is 12.1. The van der Waals surface area contributed by atoms with E-state index in [2.05, 4.69) is 52.1 Å². The first kappa shape index (κ1) is 13.2. The van der Waals surface area contributed by atoms with E-state index >= 15 is 0 Å². The SMILES string of the molecule is CCC(CC)NCc1c(C)cc(C)cc1C. The normalized spacial score (nSPS) is 11.1. The van der Waals surface area contributed by atoms with Gasteiger partial charge in [0.2, 0.25) is 0 Å². The molecule has 0 aliphatic rings. The van der Waals surface area contributed by atoms with Crippen molar-refractivity contribution >= 4 is 0 Å². The van der Waals surface area contributed by atoms with E-state index in [1.54, 1.807) is 0 Å². The zero-order valence-corrected chi connectivity index (χ0v) is 11.4. The molecule has 0 unspecified atom stereocenters. The third kappa shape index (κ3) is 3.34. The molecule has 0 saturated heterocycles. The first-order valence-electron chi connectivity index (χ1n) is 6.38. The molecule has 0 saturated carbocycles. The molecule has 0 heterocycles. The van der Waals surface area contributed by atoms with Crippen LogP contribution in [0.25, 0.3) is 0 Å². The highest BCUT2D eigenvalue weighted by Crippen LogP contribution is 2.16. The van der Waals surface area contributed by atoms with Crippen LogP contribution < -0.4 is 5.32 Å². The van der Waals surface area contributed by atoms with Crippen LogP contribution in [0, 0.1) is 20.8 Å². The summed E-state index contributed by atoms with van der Waals surface area (Å²) in [5.74, 6) is 0. The van der Waals surface area contributed by atoms with Crippen molar-refractivity contribution in [2.75, 3.05) is 0 Å². The van der Waals surface area contributed by atoms with E-state index in [-0.39, 0.29) is 0 Å². The van der Waals surface area contributed by atoms with Crippen LogP contribution in [0.3, 0.4) is 0 Å². The molecule has 0 fully saturated rings. The van der Waals surface area contributed by atoms with Gasteiger partial charge in [-0.3, -0.25) is 0 Å². The van der Waals surface area contributed by atoms with Gasteiger partial charge in [0.1, 0.15) is 0 Å². The minimum Gasteiger partial charge on any atom is -0.310 e. The lowest BCUT2D eigenvalue weighted by atomic mass is 9.99. The molecule has 90 valence electrons. The van der Waals surface area contributed by atoms with E-state index in [1.807, 2.05) is 0 Å². The summed E-state index contributed by atoms with van der Waals surface area (Å²) in [6.07, 6.45) is 2.42. The highest BCUT2D eigenvalue weighted by Gasteiger charge is 2.06. The van der Waals surface area contributed by atoms with Gasteiger partial charge in [-0.25, -0.2) is 0 Å². The van der Waals surface area contributed by atoms with Crippen molar-refractivity contribution in [3.63, 3.8) is 0 Å². The molecule has 1 aromatic carbocycles. The molecule has 1 heteroatoms. The van der Waals surface area contributed by atoms with Gasteiger partial charge < -0.3 is 5.32 Å². The molecule has 16 heavy (non-hydrogen) atoms. The fourth-order valence-corrected chi connectivity index (χ4v) is 2.31. The van der Waals surface area contributed by atoms with Crippen molar-refractivity contribution in [3.05, 3.63) is 34.4 Å². The quantitative estimate of drug-likeness (QED) is 0.792. The Balaban J connectivity index is 2.74. The average molecular weight is 219 g/mol. The van der Waals surface area contributed by atoms with Gasteiger partial charge in [-0.15, -0.1) is 0 Å². The highest BCUT2D eigenvalue weighted by molar-refractivity contribution is 5.37. The van der Waals surface area contributed by atoms with E-state index in [1.165, 1.54) is 35.1 Å². The zero-order valence-electron chi connectivity index (χ0n) is 11.4. The van der Waals surface area contributed by atoms with Crippen molar-refractivity contribution in [1.82, 2.24) is 5.32 Å². The molecular formula is C15H25N. The number of aryl methyl sites for hydroxylation is 3. The summed E-state index contributed by atoms with van der Waals surface area (Å²) in [5, 5.41) is 3.64. The summed E-state index contributed by atoms with van der Waals surface area (Å²) in [5.41, 5.74) is 5.66. The Morgan fingerprint density at radius 1 is 1.00 bits per heavy atom. The predicted octanol–water partition coefficient (Wildman–Crippen LogP) is 3.89. The minimum atomic E-state index is 0.653. The number of hydrogen-bond acceptors (Lipinski definition) is 1. The Bertz CT molecular complexity index is 314. The van der Waals surface area contributed by atoms with E-state index < -0.39 is 0 Å². The molecule has 1 aromatic rings. The first-order valence-corrected chi connectivity index (χ1v) is 6.38. The van der Waals surface area contributed by atoms with Crippen LogP contribution in [0.1, 0.15) is 48.9 Å². The van der Waals surface area contributed by atoms with Crippen molar-refractivity contribution in [1.29, 1.82) is 0 Å². The van der Waals surface area contributed by atoms with Gasteiger partial charge in [0.25, 0.3) is 0 Å². The Hall–Kier alpha value is -0.820. The molecule has 0 aromatic heterocycles. The van der Waals surface area contributed by atoms with Crippen LogP contribution >= 0.6 is 0 Å². The van der Waals surface area contributed by atoms with Gasteiger partial charge in [0.05, 0.1) is 0 Å². The second-order valence-corrected chi connectivity index (χ2v) is 4.77. The second-order valence-electron chi connectivity index (χ2n) is 4.77. The summed E-state index contributed by atoms with van der Waals surface area (Å²) in [6.45, 7) is 12.1.